The number of H-pyrrole nitrogens is 1. The Morgan fingerprint density at radius 3 is 2.79 bits per heavy atom. The maximum atomic E-state index is 6.06. The minimum Gasteiger partial charge on any atom is -0.349 e. The quantitative estimate of drug-likeness (QED) is 0.846. The van der Waals surface area contributed by atoms with Gasteiger partial charge in [-0.3, -0.25) is 0 Å². The Hall–Kier alpha value is -1.03. The van der Waals surface area contributed by atoms with Gasteiger partial charge in [0.05, 0.1) is 10.0 Å². The van der Waals surface area contributed by atoms with E-state index in [9.17, 15) is 0 Å². The number of nitrogens with one attached hydrogen (secondary N) is 2. The summed E-state index contributed by atoms with van der Waals surface area (Å²) in [4.78, 5) is 7.30. The number of hydrogen-bond acceptors (Lipinski definition) is 2. The average molecular weight is 298 g/mol. The molecule has 0 aliphatic heterocycles. The van der Waals surface area contributed by atoms with Gasteiger partial charge < -0.3 is 10.3 Å². The highest BCUT2D eigenvalue weighted by Crippen LogP contribution is 2.26. The first kappa shape index (κ1) is 14.4. The van der Waals surface area contributed by atoms with Crippen molar-refractivity contribution in [3.63, 3.8) is 0 Å². The van der Waals surface area contributed by atoms with Crippen LogP contribution in [0, 0.1) is 0 Å². The lowest BCUT2D eigenvalue weighted by Gasteiger charge is -2.17. The van der Waals surface area contributed by atoms with Gasteiger partial charge in [0, 0.05) is 31.4 Å². The normalized spacial score (nSPS) is 12.6. The van der Waals surface area contributed by atoms with E-state index < -0.39 is 0 Å². The van der Waals surface area contributed by atoms with E-state index >= 15 is 0 Å². The van der Waals surface area contributed by atoms with Crippen molar-refractivity contribution < 1.29 is 0 Å². The monoisotopic (exact) mass is 297 g/mol. The zero-order valence-electron chi connectivity index (χ0n) is 10.8. The van der Waals surface area contributed by atoms with Crippen molar-refractivity contribution in [2.45, 2.75) is 25.8 Å². The van der Waals surface area contributed by atoms with E-state index in [1.807, 2.05) is 24.4 Å². The van der Waals surface area contributed by atoms with Gasteiger partial charge in [0.15, 0.2) is 0 Å². The molecule has 0 radical (unpaired) electrons. The molecular weight excluding hydrogens is 281 g/mol. The highest BCUT2D eigenvalue weighted by Gasteiger charge is 2.10. The number of rotatable bonds is 6. The number of aromatic amines is 1. The summed E-state index contributed by atoms with van der Waals surface area (Å²) in [6.45, 7) is 3.01. The zero-order valence-corrected chi connectivity index (χ0v) is 12.3. The lowest BCUT2D eigenvalue weighted by Crippen LogP contribution is -2.23. The maximum absolute atomic E-state index is 6.06. The Labute approximate surface area is 123 Å². The Bertz CT molecular complexity index is 511. The molecule has 0 aliphatic rings. The molecule has 0 spiro atoms. The lowest BCUT2D eigenvalue weighted by atomic mass is 10.0. The molecule has 0 amide bonds. The summed E-state index contributed by atoms with van der Waals surface area (Å²) >= 11 is 12.0. The first-order valence-electron chi connectivity index (χ1n) is 6.37. The second-order valence-electron chi connectivity index (χ2n) is 4.37. The van der Waals surface area contributed by atoms with Crippen LogP contribution in [0.15, 0.2) is 30.6 Å². The second kappa shape index (κ2) is 6.94. The number of halogens is 2. The van der Waals surface area contributed by atoms with Gasteiger partial charge in [-0.15, -0.1) is 0 Å². The Kier molecular flexibility index (Phi) is 5.25. The average Bonchev–Trinajstić information content (AvgIpc) is 2.91. The minimum atomic E-state index is 0.282. The van der Waals surface area contributed by atoms with Crippen molar-refractivity contribution in [3.05, 3.63) is 52.0 Å². The van der Waals surface area contributed by atoms with Crippen LogP contribution in [-0.4, -0.2) is 16.5 Å². The van der Waals surface area contributed by atoms with E-state index in [1.165, 1.54) is 0 Å². The highest BCUT2D eigenvalue weighted by molar-refractivity contribution is 6.42. The number of aromatic nitrogens is 2. The molecule has 1 unspecified atom stereocenters. The van der Waals surface area contributed by atoms with Crippen LogP contribution >= 0.6 is 23.2 Å². The molecule has 2 rings (SSSR count). The summed E-state index contributed by atoms with van der Waals surface area (Å²) in [6.07, 6.45) is 5.48. The third-order valence-electron chi connectivity index (χ3n) is 3.06. The van der Waals surface area contributed by atoms with Crippen LogP contribution in [0.5, 0.6) is 0 Å². The molecule has 1 atom stereocenters. The van der Waals surface area contributed by atoms with E-state index in [1.54, 1.807) is 6.20 Å². The van der Waals surface area contributed by atoms with E-state index in [2.05, 4.69) is 22.2 Å². The molecular formula is C14H17Cl2N3. The van der Waals surface area contributed by atoms with Crippen LogP contribution in [0.25, 0.3) is 0 Å². The number of benzene rings is 1. The summed E-state index contributed by atoms with van der Waals surface area (Å²) in [7, 11) is 0. The predicted octanol–water partition coefficient (Wildman–Crippen LogP) is 4.00. The van der Waals surface area contributed by atoms with Crippen LogP contribution in [0.4, 0.5) is 0 Å². The van der Waals surface area contributed by atoms with Gasteiger partial charge in [-0.25, -0.2) is 4.98 Å². The topological polar surface area (TPSA) is 40.7 Å². The van der Waals surface area contributed by atoms with Crippen molar-refractivity contribution in [2.75, 3.05) is 6.54 Å². The number of hydrogen-bond donors (Lipinski definition) is 2. The van der Waals surface area contributed by atoms with Gasteiger partial charge in [-0.2, -0.15) is 0 Å². The summed E-state index contributed by atoms with van der Waals surface area (Å²) in [5, 5.41) is 4.70. The van der Waals surface area contributed by atoms with Crippen molar-refractivity contribution >= 4 is 23.2 Å². The molecule has 0 bridgehead atoms. The maximum Gasteiger partial charge on any atom is 0.107 e. The highest BCUT2D eigenvalue weighted by atomic mass is 35.5. The molecule has 0 fully saturated rings. The zero-order chi connectivity index (χ0) is 13.7. The fourth-order valence-corrected chi connectivity index (χ4v) is 2.33. The van der Waals surface area contributed by atoms with Crippen molar-refractivity contribution in [3.8, 4) is 0 Å². The van der Waals surface area contributed by atoms with Gasteiger partial charge in [0.1, 0.15) is 5.82 Å². The van der Waals surface area contributed by atoms with Crippen LogP contribution in [-0.2, 0) is 6.42 Å². The number of nitrogens with zero attached hydrogens (tertiary/aromatic N) is 1. The summed E-state index contributed by atoms with van der Waals surface area (Å²) in [5.74, 6) is 0.997. The Morgan fingerprint density at radius 1 is 1.32 bits per heavy atom. The van der Waals surface area contributed by atoms with Crippen LogP contribution in [0.2, 0.25) is 10.0 Å². The fourth-order valence-electron chi connectivity index (χ4n) is 2.03. The van der Waals surface area contributed by atoms with Gasteiger partial charge in [-0.1, -0.05) is 36.2 Å². The first-order chi connectivity index (χ1) is 9.20. The van der Waals surface area contributed by atoms with E-state index in [4.69, 9.17) is 23.2 Å². The standard InChI is InChI=1S/C14H17Cl2N3/c1-2-13(10-3-4-11(15)12(16)9-10)17-6-5-14-18-7-8-19-14/h3-4,7-9,13,17H,2,5-6H2,1H3,(H,18,19). The van der Waals surface area contributed by atoms with E-state index in [-0.39, 0.29) is 6.04 Å². The van der Waals surface area contributed by atoms with Crippen LogP contribution in [0.1, 0.15) is 30.8 Å². The van der Waals surface area contributed by atoms with Gasteiger partial charge in [0.2, 0.25) is 0 Å². The number of imidazole rings is 1. The van der Waals surface area contributed by atoms with Gasteiger partial charge in [-0.05, 0) is 24.1 Å². The third-order valence-corrected chi connectivity index (χ3v) is 3.80. The lowest BCUT2D eigenvalue weighted by molar-refractivity contribution is 0.519. The van der Waals surface area contributed by atoms with Crippen LogP contribution < -0.4 is 5.32 Å². The van der Waals surface area contributed by atoms with Crippen molar-refractivity contribution in [1.29, 1.82) is 0 Å². The van der Waals surface area contributed by atoms with Crippen LogP contribution in [0.3, 0.4) is 0 Å². The molecule has 1 heterocycles. The summed E-state index contributed by atoms with van der Waals surface area (Å²) in [6, 6.07) is 6.07. The van der Waals surface area contributed by atoms with Crippen molar-refractivity contribution in [1.82, 2.24) is 15.3 Å². The Balaban J connectivity index is 1.93. The largest absolute Gasteiger partial charge is 0.349 e. The molecule has 5 heteroatoms. The molecule has 0 aliphatic carbocycles. The molecule has 1 aromatic heterocycles. The Morgan fingerprint density at radius 2 is 2.16 bits per heavy atom. The fraction of sp³-hybridized carbons (Fsp3) is 0.357. The predicted molar refractivity (Wildman–Crippen MR) is 79.8 cm³/mol. The third kappa shape index (κ3) is 3.96. The molecule has 102 valence electrons. The summed E-state index contributed by atoms with van der Waals surface area (Å²) in [5.41, 5.74) is 1.16. The van der Waals surface area contributed by atoms with Gasteiger partial charge >= 0.3 is 0 Å². The first-order valence-corrected chi connectivity index (χ1v) is 7.13. The second-order valence-corrected chi connectivity index (χ2v) is 5.19. The molecule has 1 aromatic carbocycles. The molecule has 3 nitrogen and oxygen atoms in total. The summed E-state index contributed by atoms with van der Waals surface area (Å²) < 4.78 is 0. The SMILES string of the molecule is CCC(NCCc1ncc[nH]1)c1ccc(Cl)c(Cl)c1. The minimum absolute atomic E-state index is 0.282. The molecule has 19 heavy (non-hydrogen) atoms. The molecule has 0 saturated heterocycles. The van der Waals surface area contributed by atoms with E-state index in [0.29, 0.717) is 10.0 Å². The smallest absolute Gasteiger partial charge is 0.107 e. The van der Waals surface area contributed by atoms with E-state index in [0.717, 1.165) is 30.8 Å². The molecule has 2 N–H and O–H groups in total. The molecule has 2 aromatic rings. The van der Waals surface area contributed by atoms with Crippen molar-refractivity contribution in [2.24, 2.45) is 0 Å². The van der Waals surface area contributed by atoms with Gasteiger partial charge in [0.25, 0.3) is 0 Å². The molecule has 0 saturated carbocycles.